The molecule has 1 amide bonds. The maximum atomic E-state index is 13.1. The van der Waals surface area contributed by atoms with Crippen LogP contribution in [0.15, 0.2) is 48.5 Å². The van der Waals surface area contributed by atoms with Gasteiger partial charge >= 0.3 is 0 Å². The molecule has 1 unspecified atom stereocenters. The number of piperidine rings is 1. The maximum Gasteiger partial charge on any atom is 0.272 e. The number of likely N-dealkylation sites (tertiary alicyclic amines) is 1. The van der Waals surface area contributed by atoms with Crippen molar-refractivity contribution in [3.05, 3.63) is 65.5 Å². The van der Waals surface area contributed by atoms with Gasteiger partial charge in [0.1, 0.15) is 5.69 Å². The minimum absolute atomic E-state index is 0.000659. The van der Waals surface area contributed by atoms with Crippen molar-refractivity contribution < 1.29 is 9.90 Å². The van der Waals surface area contributed by atoms with E-state index in [1.807, 2.05) is 54.3 Å². The molecule has 3 atom stereocenters. The van der Waals surface area contributed by atoms with Crippen LogP contribution in [0.1, 0.15) is 53.8 Å². The third-order valence-electron chi connectivity index (χ3n) is 6.12. The molecule has 1 saturated carbocycles. The summed E-state index contributed by atoms with van der Waals surface area (Å²) in [6.07, 6.45) is 4.71. The van der Waals surface area contributed by atoms with E-state index in [2.05, 4.69) is 4.98 Å². The van der Waals surface area contributed by atoms with Crippen molar-refractivity contribution in [3.8, 4) is 0 Å². The molecule has 1 aromatic heterocycles. The van der Waals surface area contributed by atoms with Crippen molar-refractivity contribution in [2.75, 3.05) is 6.54 Å². The number of benzene rings is 1. The van der Waals surface area contributed by atoms with Crippen molar-refractivity contribution in [2.45, 2.75) is 50.7 Å². The zero-order chi connectivity index (χ0) is 18.1. The number of carbonyl (C=O) groups excluding carboxylic acids is 1. The van der Waals surface area contributed by atoms with E-state index in [0.29, 0.717) is 18.7 Å². The van der Waals surface area contributed by atoms with Crippen LogP contribution in [0.5, 0.6) is 0 Å². The molecular weight excluding hydrogens is 324 g/mol. The Hall–Kier alpha value is -2.20. The second kappa shape index (κ2) is 6.84. The van der Waals surface area contributed by atoms with E-state index >= 15 is 0 Å². The highest BCUT2D eigenvalue weighted by atomic mass is 16.3. The lowest BCUT2D eigenvalue weighted by atomic mass is 9.66. The summed E-state index contributed by atoms with van der Waals surface area (Å²) < 4.78 is 0. The number of rotatable bonds is 2. The van der Waals surface area contributed by atoms with E-state index in [0.717, 1.165) is 36.9 Å². The van der Waals surface area contributed by atoms with E-state index in [-0.39, 0.29) is 17.9 Å². The monoisotopic (exact) mass is 350 g/mol. The van der Waals surface area contributed by atoms with Crippen LogP contribution in [0.2, 0.25) is 0 Å². The topological polar surface area (TPSA) is 53.4 Å². The molecule has 1 N–H and O–H groups in total. The van der Waals surface area contributed by atoms with Gasteiger partial charge in [-0.05, 0) is 43.9 Å². The van der Waals surface area contributed by atoms with Gasteiger partial charge in [-0.25, -0.2) is 4.98 Å². The van der Waals surface area contributed by atoms with E-state index in [9.17, 15) is 9.90 Å². The smallest absolute Gasteiger partial charge is 0.272 e. The number of amides is 1. The molecule has 2 heterocycles. The number of nitrogens with zero attached hydrogens (tertiary/aromatic N) is 2. The van der Waals surface area contributed by atoms with Gasteiger partial charge in [-0.2, -0.15) is 0 Å². The zero-order valence-corrected chi connectivity index (χ0v) is 15.3. The lowest BCUT2D eigenvalue weighted by Crippen LogP contribution is -2.59. The molecule has 4 rings (SSSR count). The highest BCUT2D eigenvalue weighted by molar-refractivity contribution is 5.92. The number of aliphatic hydroxyl groups is 1. The van der Waals surface area contributed by atoms with Gasteiger partial charge in [-0.15, -0.1) is 0 Å². The minimum atomic E-state index is -0.844. The van der Waals surface area contributed by atoms with Crippen LogP contribution in [0.25, 0.3) is 0 Å². The van der Waals surface area contributed by atoms with Gasteiger partial charge < -0.3 is 10.0 Å². The van der Waals surface area contributed by atoms with E-state index < -0.39 is 5.60 Å². The van der Waals surface area contributed by atoms with Crippen LogP contribution in [0, 0.1) is 12.8 Å². The Bertz CT molecular complexity index is 792. The summed E-state index contributed by atoms with van der Waals surface area (Å²) in [5, 5.41) is 11.6. The predicted molar refractivity (Wildman–Crippen MR) is 101 cm³/mol. The fourth-order valence-corrected chi connectivity index (χ4v) is 4.83. The summed E-state index contributed by atoms with van der Waals surface area (Å²) >= 11 is 0. The fourth-order valence-electron chi connectivity index (χ4n) is 4.83. The average Bonchev–Trinajstić information content (AvgIpc) is 2.69. The molecule has 4 nitrogen and oxygen atoms in total. The van der Waals surface area contributed by atoms with Gasteiger partial charge in [0, 0.05) is 24.2 Å². The third kappa shape index (κ3) is 2.92. The Morgan fingerprint density at radius 2 is 1.88 bits per heavy atom. The quantitative estimate of drug-likeness (QED) is 0.899. The average molecular weight is 350 g/mol. The van der Waals surface area contributed by atoms with Gasteiger partial charge in [0.05, 0.1) is 5.60 Å². The van der Waals surface area contributed by atoms with E-state index in [4.69, 9.17) is 0 Å². The Morgan fingerprint density at radius 1 is 1.12 bits per heavy atom. The van der Waals surface area contributed by atoms with Crippen LogP contribution >= 0.6 is 0 Å². The van der Waals surface area contributed by atoms with Crippen LogP contribution < -0.4 is 0 Å². The predicted octanol–water partition coefficient (Wildman–Crippen LogP) is 3.68. The Morgan fingerprint density at radius 3 is 2.65 bits per heavy atom. The summed E-state index contributed by atoms with van der Waals surface area (Å²) in [7, 11) is 0. The van der Waals surface area contributed by atoms with Crippen molar-refractivity contribution in [2.24, 2.45) is 5.92 Å². The second-order valence-corrected chi connectivity index (χ2v) is 7.66. The van der Waals surface area contributed by atoms with Gasteiger partial charge in [-0.1, -0.05) is 49.2 Å². The number of aryl methyl sites for hydroxylation is 1. The number of fused-ring (bicyclic) bond motifs is 1. The summed E-state index contributed by atoms with van der Waals surface area (Å²) in [6.45, 7) is 2.48. The Balaban J connectivity index is 1.66. The van der Waals surface area contributed by atoms with Gasteiger partial charge in [0.2, 0.25) is 0 Å². The molecule has 0 radical (unpaired) electrons. The molecule has 26 heavy (non-hydrogen) atoms. The largest absolute Gasteiger partial charge is 0.385 e. The number of carbonyl (C=O) groups is 1. The van der Waals surface area contributed by atoms with E-state index in [1.54, 1.807) is 6.07 Å². The third-order valence-corrected chi connectivity index (χ3v) is 6.12. The molecule has 4 heteroatoms. The van der Waals surface area contributed by atoms with Gasteiger partial charge in [0.25, 0.3) is 5.91 Å². The fraction of sp³-hybridized carbons (Fsp3) is 0.455. The normalized spacial score (nSPS) is 28.5. The molecule has 2 fully saturated rings. The first kappa shape index (κ1) is 17.2. The molecule has 136 valence electrons. The molecule has 1 aliphatic heterocycles. The standard InChI is InChI=1S/C22H26N2O2/c1-16-8-7-12-19(23-16)21(25)24-15-14-22(26,17-9-3-2-4-10-17)18-11-5-6-13-20(18)24/h2-4,7-10,12,18,20,26H,5-6,11,13-15H2,1H3/t18-,20+,22?/m1/s1. The highest BCUT2D eigenvalue weighted by Gasteiger charge is 2.50. The van der Waals surface area contributed by atoms with Gasteiger partial charge in [-0.3, -0.25) is 4.79 Å². The lowest BCUT2D eigenvalue weighted by molar-refractivity contribution is -0.110. The minimum Gasteiger partial charge on any atom is -0.385 e. The van der Waals surface area contributed by atoms with Crippen molar-refractivity contribution in [3.63, 3.8) is 0 Å². The SMILES string of the molecule is Cc1cccc(C(=O)N2CCC(O)(c3ccccc3)[C@@H]3CCCC[C@@H]32)n1. The Labute approximate surface area is 154 Å². The van der Waals surface area contributed by atoms with Crippen molar-refractivity contribution in [1.82, 2.24) is 9.88 Å². The molecular formula is C22H26N2O2. The summed E-state index contributed by atoms with van der Waals surface area (Å²) in [6, 6.07) is 15.7. The second-order valence-electron chi connectivity index (χ2n) is 7.66. The molecule has 2 aliphatic rings. The lowest BCUT2D eigenvalue weighted by Gasteiger charge is -2.52. The van der Waals surface area contributed by atoms with Crippen LogP contribution in [0.4, 0.5) is 0 Å². The number of hydrogen-bond acceptors (Lipinski definition) is 3. The van der Waals surface area contributed by atoms with Gasteiger partial charge in [0.15, 0.2) is 0 Å². The van der Waals surface area contributed by atoms with E-state index in [1.165, 1.54) is 0 Å². The van der Waals surface area contributed by atoms with Crippen LogP contribution in [-0.2, 0) is 5.60 Å². The molecule has 1 saturated heterocycles. The highest BCUT2D eigenvalue weighted by Crippen LogP contribution is 2.47. The first-order chi connectivity index (χ1) is 12.6. The van der Waals surface area contributed by atoms with Crippen molar-refractivity contribution >= 4 is 5.91 Å². The summed E-state index contributed by atoms with van der Waals surface area (Å²) in [5.41, 5.74) is 1.51. The zero-order valence-electron chi connectivity index (χ0n) is 15.3. The molecule has 0 bridgehead atoms. The molecule has 0 spiro atoms. The maximum absolute atomic E-state index is 13.1. The molecule has 1 aliphatic carbocycles. The van der Waals surface area contributed by atoms with Crippen molar-refractivity contribution in [1.29, 1.82) is 0 Å². The number of hydrogen-bond donors (Lipinski definition) is 1. The molecule has 2 aromatic rings. The first-order valence-electron chi connectivity index (χ1n) is 9.62. The van der Waals surface area contributed by atoms with Crippen LogP contribution in [0.3, 0.4) is 0 Å². The molecule has 1 aromatic carbocycles. The summed E-state index contributed by atoms with van der Waals surface area (Å²) in [5.74, 6) is 0.0851. The van der Waals surface area contributed by atoms with Crippen LogP contribution in [-0.4, -0.2) is 33.5 Å². The number of aromatic nitrogens is 1. The first-order valence-corrected chi connectivity index (χ1v) is 9.62. The number of pyridine rings is 1. The Kier molecular flexibility index (Phi) is 4.53. The summed E-state index contributed by atoms with van der Waals surface area (Å²) in [4.78, 5) is 19.5.